The number of hydrogen-bond donors (Lipinski definition) is 0. The molecule has 3 aromatic rings. The number of rotatable bonds is 7. The van der Waals surface area contributed by atoms with Crippen molar-refractivity contribution in [2.24, 2.45) is 0 Å². The molecule has 8 nitrogen and oxygen atoms in total. The van der Waals surface area contributed by atoms with E-state index in [-0.39, 0.29) is 42.7 Å². The molecule has 0 saturated carbocycles. The van der Waals surface area contributed by atoms with Crippen molar-refractivity contribution in [3.8, 4) is 5.75 Å². The van der Waals surface area contributed by atoms with Gasteiger partial charge in [0.1, 0.15) is 17.1 Å². The van der Waals surface area contributed by atoms with E-state index in [4.69, 9.17) is 27.9 Å². The molecule has 12 heteroatoms. The number of aryl methyl sites for hydroxylation is 1. The topological polar surface area (TPSA) is 101 Å². The lowest BCUT2D eigenvalue weighted by Gasteiger charge is -2.43. The Labute approximate surface area is 262 Å². The van der Waals surface area contributed by atoms with Crippen LogP contribution in [0, 0.1) is 0 Å². The normalized spacial score (nSPS) is 23.4. The molecule has 0 spiro atoms. The van der Waals surface area contributed by atoms with Crippen LogP contribution in [-0.4, -0.2) is 63.4 Å². The predicted molar refractivity (Wildman–Crippen MR) is 166 cm³/mol. The van der Waals surface area contributed by atoms with Crippen LogP contribution in [0.4, 0.5) is 0 Å². The molecule has 43 heavy (non-hydrogen) atoms. The number of halogens is 2. The number of amides is 1. The lowest BCUT2D eigenvalue weighted by Crippen LogP contribution is -2.54. The molecule has 2 aliphatic heterocycles. The number of benzene rings is 3. The van der Waals surface area contributed by atoms with Gasteiger partial charge in [-0.1, -0.05) is 53.5 Å². The van der Waals surface area contributed by atoms with E-state index in [9.17, 15) is 21.6 Å². The van der Waals surface area contributed by atoms with Gasteiger partial charge in [0.05, 0.1) is 23.2 Å². The Hall–Kier alpha value is -2.63. The minimum absolute atomic E-state index is 0.0243. The smallest absolute Gasteiger partial charge is 0.238 e. The maximum absolute atomic E-state index is 14.6. The molecule has 2 atom stereocenters. The second kappa shape index (κ2) is 11.7. The number of carbonyl (C=O) groups excluding carboxylic acids is 1. The zero-order valence-corrected chi connectivity index (χ0v) is 26.6. The van der Waals surface area contributed by atoms with Crippen molar-refractivity contribution in [1.82, 2.24) is 9.21 Å². The molecule has 6 rings (SSSR count). The average Bonchev–Trinajstić information content (AvgIpc) is 3.40. The Morgan fingerprint density at radius 1 is 0.977 bits per heavy atom. The predicted octanol–water partition coefficient (Wildman–Crippen LogP) is 5.21. The summed E-state index contributed by atoms with van der Waals surface area (Å²) in [5, 5.41) is 0.989. The fraction of sp³-hybridized carbons (Fsp3) is 0.387. The number of carbonyl (C=O) groups is 1. The molecule has 2 fully saturated rings. The number of fused-ring (bicyclic) bond motifs is 3. The van der Waals surface area contributed by atoms with Gasteiger partial charge in [0.25, 0.3) is 0 Å². The highest BCUT2D eigenvalue weighted by molar-refractivity contribution is 7.92. The number of sulfone groups is 1. The summed E-state index contributed by atoms with van der Waals surface area (Å²) < 4.78 is 60.3. The monoisotopic (exact) mass is 662 g/mol. The number of sulfonamides is 1. The standard InChI is InChI=1S/C31H32Cl2N2O6S2/c32-27-9-6-10-28(33)25(27)21-41-23-12-13-26-22(19-23)11-14-29-31(26,43(39,40)24-7-2-1-3-8-24)15-17-35(29)30(36)20-34-16-4-5-18-42(34,37)38/h1-3,6-10,12-13,19,29H,4-5,11,14-18,20-21H2/t29-,31-/m1/s1. The molecule has 2 saturated heterocycles. The Kier molecular flexibility index (Phi) is 8.27. The highest BCUT2D eigenvalue weighted by atomic mass is 35.5. The van der Waals surface area contributed by atoms with Gasteiger partial charge in [-0.2, -0.15) is 4.31 Å². The molecule has 0 aromatic heterocycles. The van der Waals surface area contributed by atoms with E-state index < -0.39 is 30.6 Å². The van der Waals surface area contributed by atoms with Gasteiger partial charge in [-0.05, 0) is 79.6 Å². The molecule has 1 aliphatic carbocycles. The van der Waals surface area contributed by atoms with Crippen LogP contribution in [0.25, 0.3) is 0 Å². The maximum atomic E-state index is 14.6. The van der Waals surface area contributed by atoms with Crippen molar-refractivity contribution in [3.63, 3.8) is 0 Å². The molecular formula is C31H32Cl2N2O6S2. The summed E-state index contributed by atoms with van der Waals surface area (Å²) in [5.74, 6) is 0.221. The highest BCUT2D eigenvalue weighted by Crippen LogP contribution is 2.53. The molecule has 228 valence electrons. The van der Waals surface area contributed by atoms with Gasteiger partial charge in [-0.15, -0.1) is 0 Å². The van der Waals surface area contributed by atoms with Crippen LogP contribution >= 0.6 is 23.2 Å². The summed E-state index contributed by atoms with van der Waals surface area (Å²) in [6.07, 6.45) is 2.42. The SMILES string of the molecule is O=C(CN1CCCCS1(=O)=O)N1CC[C@@]2(S(=O)(=O)c3ccccc3)c3ccc(OCc4c(Cl)cccc4Cl)cc3CC[C@@H]12. The first-order chi connectivity index (χ1) is 20.5. The van der Waals surface area contributed by atoms with Crippen LogP contribution in [0.5, 0.6) is 5.75 Å². The van der Waals surface area contributed by atoms with Gasteiger partial charge in [-0.3, -0.25) is 4.79 Å². The quantitative estimate of drug-likeness (QED) is 0.344. The molecule has 3 aliphatic rings. The van der Waals surface area contributed by atoms with Gasteiger partial charge < -0.3 is 9.64 Å². The molecule has 0 unspecified atom stereocenters. The first-order valence-electron chi connectivity index (χ1n) is 14.3. The van der Waals surface area contributed by atoms with Crippen LogP contribution in [0.3, 0.4) is 0 Å². The van der Waals surface area contributed by atoms with Crippen molar-refractivity contribution >= 4 is 49.0 Å². The van der Waals surface area contributed by atoms with Crippen LogP contribution in [-0.2, 0) is 42.4 Å². The zero-order valence-electron chi connectivity index (χ0n) is 23.4. The number of nitrogens with zero attached hydrogens (tertiary/aromatic N) is 2. The van der Waals surface area contributed by atoms with Gasteiger partial charge in [0.2, 0.25) is 15.9 Å². The fourth-order valence-corrected chi connectivity index (χ4v) is 11.2. The third-order valence-electron chi connectivity index (χ3n) is 8.92. The summed E-state index contributed by atoms with van der Waals surface area (Å²) in [7, 11) is -7.49. The minimum atomic E-state index is -3.98. The zero-order chi connectivity index (χ0) is 30.4. The average molecular weight is 664 g/mol. The summed E-state index contributed by atoms with van der Waals surface area (Å²) in [6.45, 7) is 0.386. The van der Waals surface area contributed by atoms with E-state index in [2.05, 4.69) is 0 Å². The summed E-state index contributed by atoms with van der Waals surface area (Å²) in [6, 6.07) is 18.3. The second-order valence-corrected chi connectivity index (χ2v) is 16.4. The van der Waals surface area contributed by atoms with E-state index in [1.165, 1.54) is 4.31 Å². The van der Waals surface area contributed by atoms with Crippen LogP contribution < -0.4 is 4.74 Å². The van der Waals surface area contributed by atoms with Crippen molar-refractivity contribution < 1.29 is 26.4 Å². The van der Waals surface area contributed by atoms with Crippen molar-refractivity contribution in [1.29, 1.82) is 0 Å². The maximum Gasteiger partial charge on any atom is 0.238 e. The Morgan fingerprint density at radius 2 is 1.72 bits per heavy atom. The third-order valence-corrected chi connectivity index (χ3v) is 14.1. The Morgan fingerprint density at radius 3 is 2.44 bits per heavy atom. The summed E-state index contributed by atoms with van der Waals surface area (Å²) in [4.78, 5) is 15.5. The molecule has 1 amide bonds. The molecule has 0 N–H and O–H groups in total. The van der Waals surface area contributed by atoms with E-state index in [0.717, 1.165) is 5.56 Å². The van der Waals surface area contributed by atoms with Crippen molar-refractivity contribution in [3.05, 3.63) is 93.5 Å². The van der Waals surface area contributed by atoms with Crippen LogP contribution in [0.2, 0.25) is 10.0 Å². The first-order valence-corrected chi connectivity index (χ1v) is 18.2. The lowest BCUT2D eigenvalue weighted by atomic mass is 9.78. The van der Waals surface area contributed by atoms with Crippen molar-refractivity contribution in [2.75, 3.05) is 25.4 Å². The van der Waals surface area contributed by atoms with Crippen molar-refractivity contribution in [2.45, 2.75) is 54.4 Å². The van der Waals surface area contributed by atoms with Crippen LogP contribution in [0.1, 0.15) is 42.4 Å². The molecule has 3 aromatic carbocycles. The molecule has 0 radical (unpaired) electrons. The first kappa shape index (κ1) is 30.4. The Bertz CT molecular complexity index is 1750. The van der Waals surface area contributed by atoms with Crippen LogP contribution in [0.15, 0.2) is 71.6 Å². The second-order valence-electron chi connectivity index (χ2n) is 11.3. The number of ether oxygens (including phenoxy) is 1. The largest absolute Gasteiger partial charge is 0.489 e. The van der Waals surface area contributed by atoms with E-state index in [1.54, 1.807) is 65.6 Å². The highest BCUT2D eigenvalue weighted by Gasteiger charge is 2.60. The minimum Gasteiger partial charge on any atom is -0.489 e. The Balaban J connectivity index is 1.36. The summed E-state index contributed by atoms with van der Waals surface area (Å²) >= 11 is 12.6. The molecule has 2 heterocycles. The number of likely N-dealkylation sites (tertiary alicyclic amines) is 1. The van der Waals surface area contributed by atoms with E-state index >= 15 is 0 Å². The fourth-order valence-electron chi connectivity index (χ4n) is 6.79. The van der Waals surface area contributed by atoms with E-state index in [1.807, 2.05) is 6.07 Å². The van der Waals surface area contributed by atoms with Gasteiger partial charge in [0.15, 0.2) is 9.84 Å². The number of hydrogen-bond acceptors (Lipinski definition) is 6. The van der Waals surface area contributed by atoms with E-state index in [0.29, 0.717) is 59.1 Å². The van der Waals surface area contributed by atoms with Gasteiger partial charge in [-0.25, -0.2) is 16.8 Å². The van der Waals surface area contributed by atoms with Gasteiger partial charge >= 0.3 is 0 Å². The third kappa shape index (κ3) is 5.35. The molecular weight excluding hydrogens is 631 g/mol. The molecule has 0 bridgehead atoms. The lowest BCUT2D eigenvalue weighted by molar-refractivity contribution is -0.132. The summed E-state index contributed by atoms with van der Waals surface area (Å²) in [5.41, 5.74) is 2.15. The van der Waals surface area contributed by atoms with Gasteiger partial charge in [0, 0.05) is 28.7 Å².